The van der Waals surface area contributed by atoms with E-state index in [1.54, 1.807) is 37.4 Å². The second-order valence-corrected chi connectivity index (χ2v) is 10.4. The molecule has 0 amide bonds. The first-order valence-corrected chi connectivity index (χ1v) is 12.8. The summed E-state index contributed by atoms with van der Waals surface area (Å²) >= 11 is 0. The molecule has 0 bridgehead atoms. The van der Waals surface area contributed by atoms with Gasteiger partial charge in [-0.15, -0.1) is 0 Å². The van der Waals surface area contributed by atoms with Gasteiger partial charge in [-0.1, -0.05) is 54.1 Å². The normalized spacial score (nSPS) is 25.8. The van der Waals surface area contributed by atoms with Crippen LogP contribution in [0, 0.1) is 0 Å². The molecule has 0 aromatic heterocycles. The second kappa shape index (κ2) is 10.7. The molecule has 1 fully saturated rings. The van der Waals surface area contributed by atoms with Crippen molar-refractivity contribution in [1.82, 2.24) is 0 Å². The fraction of sp³-hybridized carbons (Fsp3) is 0.385. The number of sulfone groups is 1. The van der Waals surface area contributed by atoms with E-state index in [0.29, 0.717) is 17.9 Å². The predicted octanol–water partition coefficient (Wildman–Crippen LogP) is 4.63. The van der Waals surface area contributed by atoms with Crippen molar-refractivity contribution in [1.29, 1.82) is 0 Å². The number of benzene rings is 2. The van der Waals surface area contributed by atoms with Gasteiger partial charge in [0.05, 0.1) is 36.6 Å². The fourth-order valence-corrected chi connectivity index (χ4v) is 5.32. The van der Waals surface area contributed by atoms with E-state index in [2.05, 4.69) is 13.0 Å². The zero-order valence-electron chi connectivity index (χ0n) is 18.9. The largest absolute Gasteiger partial charge is 0.497 e. The van der Waals surface area contributed by atoms with Gasteiger partial charge in [0.25, 0.3) is 0 Å². The smallest absolute Gasteiger partial charge is 0.185 e. The van der Waals surface area contributed by atoms with Gasteiger partial charge < -0.3 is 18.9 Å². The number of hydrogen-bond donors (Lipinski definition) is 0. The van der Waals surface area contributed by atoms with E-state index in [0.717, 1.165) is 17.7 Å². The Morgan fingerprint density at radius 1 is 1.03 bits per heavy atom. The summed E-state index contributed by atoms with van der Waals surface area (Å²) in [6, 6.07) is 16.0. The van der Waals surface area contributed by atoms with Crippen molar-refractivity contribution in [2.75, 3.05) is 19.5 Å². The zero-order valence-corrected chi connectivity index (χ0v) is 19.7. The van der Waals surface area contributed by atoms with Crippen LogP contribution in [0.2, 0.25) is 0 Å². The van der Waals surface area contributed by atoms with Crippen LogP contribution in [0.25, 0.3) is 0 Å². The van der Waals surface area contributed by atoms with Gasteiger partial charge in [-0.2, -0.15) is 0 Å². The highest BCUT2D eigenvalue weighted by Crippen LogP contribution is 2.35. The Kier molecular flexibility index (Phi) is 7.65. The summed E-state index contributed by atoms with van der Waals surface area (Å²) in [5.74, 6) is 0.725. The molecule has 176 valence electrons. The van der Waals surface area contributed by atoms with Gasteiger partial charge in [0, 0.05) is 5.56 Å². The molecule has 4 rings (SSSR count). The molecule has 6 nitrogen and oxygen atoms in total. The van der Waals surface area contributed by atoms with E-state index in [4.69, 9.17) is 18.9 Å². The van der Waals surface area contributed by atoms with Crippen LogP contribution in [0.3, 0.4) is 0 Å². The molecular weight excluding hydrogens is 440 g/mol. The van der Waals surface area contributed by atoms with Crippen molar-refractivity contribution >= 4 is 9.84 Å². The summed E-state index contributed by atoms with van der Waals surface area (Å²) in [5.41, 5.74) is 2.15. The molecule has 0 aliphatic carbocycles. The minimum atomic E-state index is -3.41. The number of ether oxygens (including phenoxy) is 4. The number of rotatable bonds is 8. The van der Waals surface area contributed by atoms with Crippen molar-refractivity contribution in [3.05, 3.63) is 84.0 Å². The molecule has 0 radical (unpaired) electrons. The number of methoxy groups -OCH3 is 1. The lowest BCUT2D eigenvalue weighted by molar-refractivity contribution is -0.0652. The molecule has 4 atom stereocenters. The minimum absolute atomic E-state index is 0.0210. The van der Waals surface area contributed by atoms with Crippen molar-refractivity contribution in [3.63, 3.8) is 0 Å². The first-order valence-electron chi connectivity index (χ1n) is 11.1. The minimum Gasteiger partial charge on any atom is -0.497 e. The third-order valence-electron chi connectivity index (χ3n) is 5.89. The van der Waals surface area contributed by atoms with E-state index < -0.39 is 22.2 Å². The maximum atomic E-state index is 12.8. The molecule has 1 unspecified atom stereocenters. The van der Waals surface area contributed by atoms with E-state index in [-0.39, 0.29) is 18.0 Å². The fourth-order valence-electron chi connectivity index (χ4n) is 3.97. The maximum absolute atomic E-state index is 12.8. The highest BCUT2D eigenvalue weighted by Gasteiger charge is 2.36. The van der Waals surface area contributed by atoms with Crippen LogP contribution in [0.1, 0.15) is 31.6 Å². The van der Waals surface area contributed by atoms with Gasteiger partial charge in [-0.3, -0.25) is 0 Å². The summed E-state index contributed by atoms with van der Waals surface area (Å²) in [4.78, 5) is 0.320. The van der Waals surface area contributed by atoms with Gasteiger partial charge in [0.1, 0.15) is 11.9 Å². The van der Waals surface area contributed by atoms with Crippen molar-refractivity contribution in [2.45, 2.75) is 49.3 Å². The van der Waals surface area contributed by atoms with Gasteiger partial charge >= 0.3 is 0 Å². The van der Waals surface area contributed by atoms with E-state index in [9.17, 15) is 8.42 Å². The Balaban J connectivity index is 1.48. The molecule has 2 aliphatic rings. The molecule has 7 heteroatoms. The molecule has 33 heavy (non-hydrogen) atoms. The standard InChI is InChI=1S/C26H30O6S/c1-19-14-16-30-22(18-19)12-13-24-25(15-17-33(27,28)23-6-4-3-5-7-23)32-26(31-24)20-8-10-21(29-2)11-9-20/h3-14,22,24-26H,15-18H2,1-2H3/b13-12+/t22-,24+,25+,26?/m1/s1. The highest BCUT2D eigenvalue weighted by molar-refractivity contribution is 7.91. The van der Waals surface area contributed by atoms with Gasteiger partial charge in [-0.25, -0.2) is 8.42 Å². The maximum Gasteiger partial charge on any atom is 0.185 e. The Morgan fingerprint density at radius 3 is 2.48 bits per heavy atom. The van der Waals surface area contributed by atoms with E-state index >= 15 is 0 Å². The van der Waals surface area contributed by atoms with Gasteiger partial charge in [0.2, 0.25) is 0 Å². The molecule has 0 N–H and O–H groups in total. The van der Waals surface area contributed by atoms with Crippen LogP contribution >= 0.6 is 0 Å². The lowest BCUT2D eigenvalue weighted by Gasteiger charge is -2.20. The summed E-state index contributed by atoms with van der Waals surface area (Å²) in [5, 5.41) is 0. The third-order valence-corrected chi connectivity index (χ3v) is 7.65. The quantitative estimate of drug-likeness (QED) is 0.524. The molecule has 2 heterocycles. The van der Waals surface area contributed by atoms with Crippen LogP contribution in [0.5, 0.6) is 5.75 Å². The first-order chi connectivity index (χ1) is 15.9. The summed E-state index contributed by atoms with van der Waals surface area (Å²) < 4.78 is 49.0. The average Bonchev–Trinajstić information content (AvgIpc) is 3.25. The molecule has 2 aliphatic heterocycles. The predicted molar refractivity (Wildman–Crippen MR) is 126 cm³/mol. The van der Waals surface area contributed by atoms with Crippen LogP contribution in [0.15, 0.2) is 83.3 Å². The van der Waals surface area contributed by atoms with E-state index in [1.807, 2.05) is 36.4 Å². The molecular formula is C26H30O6S. The van der Waals surface area contributed by atoms with E-state index in [1.165, 1.54) is 5.57 Å². The topological polar surface area (TPSA) is 71.1 Å². The van der Waals surface area contributed by atoms with Gasteiger partial charge in [-0.05, 0) is 44.0 Å². The highest BCUT2D eigenvalue weighted by atomic mass is 32.2. The number of hydrogen-bond acceptors (Lipinski definition) is 6. The molecule has 2 aromatic rings. The second-order valence-electron chi connectivity index (χ2n) is 8.31. The molecule has 0 saturated carbocycles. The monoisotopic (exact) mass is 470 g/mol. The third kappa shape index (κ3) is 6.12. The van der Waals surface area contributed by atoms with Crippen LogP contribution < -0.4 is 4.74 Å². The lowest BCUT2D eigenvalue weighted by Crippen LogP contribution is -2.25. The molecule has 1 saturated heterocycles. The van der Waals surface area contributed by atoms with Crippen molar-refractivity contribution < 1.29 is 27.4 Å². The van der Waals surface area contributed by atoms with Gasteiger partial charge in [0.15, 0.2) is 16.1 Å². The molecule has 2 aromatic carbocycles. The Labute approximate surface area is 195 Å². The van der Waals surface area contributed by atoms with Crippen molar-refractivity contribution in [2.24, 2.45) is 0 Å². The Bertz CT molecular complexity index is 1080. The lowest BCUT2D eigenvalue weighted by atomic mass is 10.0. The first kappa shape index (κ1) is 23.7. The zero-order chi connectivity index (χ0) is 23.3. The molecule has 0 spiro atoms. The summed E-state index contributed by atoms with van der Waals surface area (Å²) in [7, 11) is -1.80. The Hall–Kier alpha value is -2.45. The average molecular weight is 471 g/mol. The van der Waals surface area contributed by atoms with Crippen molar-refractivity contribution in [3.8, 4) is 5.75 Å². The van der Waals surface area contributed by atoms with Crippen LogP contribution in [-0.2, 0) is 24.0 Å². The summed E-state index contributed by atoms with van der Waals surface area (Å²) in [6.45, 7) is 2.69. The summed E-state index contributed by atoms with van der Waals surface area (Å²) in [6.07, 6.45) is 5.81. The Morgan fingerprint density at radius 2 is 1.79 bits per heavy atom. The van der Waals surface area contributed by atoms with Crippen LogP contribution in [-0.4, -0.2) is 46.2 Å². The SMILES string of the molecule is COc1ccc(C2O[C@@H](/C=C/[C@@H]3CC(C)=CCO3)[C@H](CCS(=O)(=O)c3ccccc3)O2)cc1. The van der Waals surface area contributed by atoms with Crippen LogP contribution in [0.4, 0.5) is 0 Å².